The van der Waals surface area contributed by atoms with Crippen molar-refractivity contribution in [3.05, 3.63) is 28.8 Å². The van der Waals surface area contributed by atoms with Gasteiger partial charge in [-0.05, 0) is 42.8 Å². The average Bonchev–Trinajstić information content (AvgIpc) is 3.06. The second-order valence-electron chi connectivity index (χ2n) is 5.72. The lowest BCUT2D eigenvalue weighted by atomic mass is 9.95. The molecule has 1 N–H and O–H groups in total. The van der Waals surface area contributed by atoms with Crippen LogP contribution in [0, 0.1) is 6.92 Å². The molecule has 2 heterocycles. The second kappa shape index (κ2) is 6.10. The summed E-state index contributed by atoms with van der Waals surface area (Å²) < 4.78 is 2.23. The number of rotatable bonds is 4. The summed E-state index contributed by atoms with van der Waals surface area (Å²) in [7, 11) is 0. The predicted molar refractivity (Wildman–Crippen MR) is 83.2 cm³/mol. The molecule has 108 valence electrons. The van der Waals surface area contributed by atoms with Gasteiger partial charge in [-0.2, -0.15) is 5.10 Å². The van der Waals surface area contributed by atoms with E-state index in [0.717, 1.165) is 5.69 Å². The summed E-state index contributed by atoms with van der Waals surface area (Å²) in [5, 5.41) is 16.1. The minimum Gasteiger partial charge on any atom is -0.396 e. The molecule has 2 aromatic rings. The first-order valence-electron chi connectivity index (χ1n) is 7.52. The quantitative estimate of drug-likeness (QED) is 0.925. The van der Waals surface area contributed by atoms with E-state index in [9.17, 15) is 0 Å². The van der Waals surface area contributed by atoms with Crippen LogP contribution in [0.15, 0.2) is 17.5 Å². The third-order valence-corrected chi connectivity index (χ3v) is 5.13. The maximum atomic E-state index is 9.16. The molecular formula is C16H22N2OS. The van der Waals surface area contributed by atoms with Crippen molar-refractivity contribution in [2.75, 3.05) is 6.61 Å². The van der Waals surface area contributed by atoms with E-state index in [1.807, 2.05) is 0 Å². The Hall–Kier alpha value is -1.13. The lowest BCUT2D eigenvalue weighted by molar-refractivity contribution is 0.295. The zero-order valence-corrected chi connectivity index (χ0v) is 12.8. The van der Waals surface area contributed by atoms with Crippen LogP contribution in [0.1, 0.15) is 49.4 Å². The van der Waals surface area contributed by atoms with E-state index < -0.39 is 0 Å². The number of nitrogens with zero attached hydrogens (tertiary/aromatic N) is 2. The summed E-state index contributed by atoms with van der Waals surface area (Å²) >= 11 is 1.79. The van der Waals surface area contributed by atoms with Crippen LogP contribution >= 0.6 is 11.3 Å². The van der Waals surface area contributed by atoms with E-state index in [0.29, 0.717) is 12.5 Å². The molecule has 1 saturated carbocycles. The van der Waals surface area contributed by atoms with Crippen molar-refractivity contribution < 1.29 is 5.11 Å². The highest BCUT2D eigenvalue weighted by Crippen LogP contribution is 2.34. The molecule has 3 rings (SSSR count). The van der Waals surface area contributed by atoms with Crippen LogP contribution in [0.2, 0.25) is 0 Å². The van der Waals surface area contributed by atoms with Gasteiger partial charge >= 0.3 is 0 Å². The van der Waals surface area contributed by atoms with Gasteiger partial charge in [0.1, 0.15) is 0 Å². The molecular weight excluding hydrogens is 268 g/mol. The van der Waals surface area contributed by atoms with Gasteiger partial charge in [0.05, 0.1) is 22.3 Å². The van der Waals surface area contributed by atoms with E-state index in [2.05, 4.69) is 29.1 Å². The van der Waals surface area contributed by atoms with Gasteiger partial charge in [-0.25, -0.2) is 0 Å². The van der Waals surface area contributed by atoms with Gasteiger partial charge in [0.25, 0.3) is 0 Å². The third kappa shape index (κ3) is 2.81. The van der Waals surface area contributed by atoms with Crippen LogP contribution in [0.25, 0.3) is 10.6 Å². The standard InChI is InChI=1S/C16H22N2OS/c1-12-9-16(20-11-12)15-10-13(7-8-19)17-18(15)14-5-3-2-4-6-14/h9-11,14,19H,2-8H2,1H3. The SMILES string of the molecule is Cc1csc(-c2cc(CCO)nn2C2CCCCC2)c1. The number of aliphatic hydroxyl groups excluding tert-OH is 1. The molecule has 1 aliphatic carbocycles. The molecule has 0 radical (unpaired) electrons. The van der Waals surface area contributed by atoms with Crippen molar-refractivity contribution >= 4 is 11.3 Å². The van der Waals surface area contributed by atoms with Crippen molar-refractivity contribution in [2.45, 2.75) is 51.5 Å². The van der Waals surface area contributed by atoms with Crippen LogP contribution in [0.4, 0.5) is 0 Å². The predicted octanol–water partition coefficient (Wildman–Crippen LogP) is 3.96. The number of aliphatic hydroxyl groups is 1. The molecule has 0 unspecified atom stereocenters. The lowest BCUT2D eigenvalue weighted by Gasteiger charge is -2.23. The normalized spacial score (nSPS) is 16.7. The Kier molecular flexibility index (Phi) is 4.22. The monoisotopic (exact) mass is 290 g/mol. The number of thiophene rings is 1. The van der Waals surface area contributed by atoms with Gasteiger partial charge in [-0.1, -0.05) is 19.3 Å². The van der Waals surface area contributed by atoms with E-state index in [-0.39, 0.29) is 6.61 Å². The summed E-state index contributed by atoms with van der Waals surface area (Å²) in [6, 6.07) is 4.94. The van der Waals surface area contributed by atoms with Crippen LogP contribution in [0.3, 0.4) is 0 Å². The first kappa shape index (κ1) is 13.8. The molecule has 0 spiro atoms. The van der Waals surface area contributed by atoms with Gasteiger partial charge in [0.2, 0.25) is 0 Å². The topological polar surface area (TPSA) is 38.1 Å². The molecule has 0 atom stereocenters. The van der Waals surface area contributed by atoms with Crippen LogP contribution in [0.5, 0.6) is 0 Å². The third-order valence-electron chi connectivity index (χ3n) is 4.06. The molecule has 2 aromatic heterocycles. The molecule has 20 heavy (non-hydrogen) atoms. The van der Waals surface area contributed by atoms with Crippen LogP contribution in [-0.4, -0.2) is 21.5 Å². The Balaban J connectivity index is 1.97. The van der Waals surface area contributed by atoms with E-state index in [1.165, 1.54) is 48.2 Å². The zero-order valence-electron chi connectivity index (χ0n) is 12.0. The number of hydrogen-bond acceptors (Lipinski definition) is 3. The lowest BCUT2D eigenvalue weighted by Crippen LogP contribution is -2.15. The largest absolute Gasteiger partial charge is 0.396 e. The van der Waals surface area contributed by atoms with Gasteiger partial charge in [-0.15, -0.1) is 11.3 Å². The molecule has 1 fully saturated rings. The minimum atomic E-state index is 0.171. The van der Waals surface area contributed by atoms with Crippen molar-refractivity contribution in [2.24, 2.45) is 0 Å². The highest BCUT2D eigenvalue weighted by Gasteiger charge is 2.21. The molecule has 1 aliphatic rings. The minimum absolute atomic E-state index is 0.171. The van der Waals surface area contributed by atoms with Gasteiger partial charge in [0, 0.05) is 13.0 Å². The first-order chi connectivity index (χ1) is 9.78. The number of aromatic nitrogens is 2. The average molecular weight is 290 g/mol. The van der Waals surface area contributed by atoms with Crippen molar-refractivity contribution in [1.29, 1.82) is 0 Å². The highest BCUT2D eigenvalue weighted by atomic mass is 32.1. The Morgan fingerprint density at radius 1 is 1.30 bits per heavy atom. The van der Waals surface area contributed by atoms with E-state index in [4.69, 9.17) is 10.2 Å². The van der Waals surface area contributed by atoms with Gasteiger partial charge in [-0.3, -0.25) is 4.68 Å². The molecule has 0 saturated heterocycles. The summed E-state index contributed by atoms with van der Waals surface area (Å²) in [6.07, 6.45) is 7.09. The van der Waals surface area contributed by atoms with E-state index >= 15 is 0 Å². The maximum absolute atomic E-state index is 9.16. The van der Waals surface area contributed by atoms with Crippen molar-refractivity contribution in [1.82, 2.24) is 9.78 Å². The molecule has 0 aromatic carbocycles. The molecule has 3 nitrogen and oxygen atoms in total. The van der Waals surface area contributed by atoms with Crippen molar-refractivity contribution in [3.63, 3.8) is 0 Å². The Bertz CT molecular complexity index is 567. The summed E-state index contributed by atoms with van der Waals surface area (Å²) in [6.45, 7) is 2.31. The highest BCUT2D eigenvalue weighted by molar-refractivity contribution is 7.13. The summed E-state index contributed by atoms with van der Waals surface area (Å²) in [5.41, 5.74) is 3.56. The molecule has 0 amide bonds. The summed E-state index contributed by atoms with van der Waals surface area (Å²) in [4.78, 5) is 1.30. The number of aryl methyl sites for hydroxylation is 1. The zero-order chi connectivity index (χ0) is 13.9. The smallest absolute Gasteiger partial charge is 0.0788 e. The fourth-order valence-electron chi connectivity index (χ4n) is 3.04. The Morgan fingerprint density at radius 2 is 2.10 bits per heavy atom. The first-order valence-corrected chi connectivity index (χ1v) is 8.40. The Labute approximate surface area is 124 Å². The summed E-state index contributed by atoms with van der Waals surface area (Å²) in [5.74, 6) is 0. The van der Waals surface area contributed by atoms with Crippen LogP contribution in [-0.2, 0) is 6.42 Å². The molecule has 0 aliphatic heterocycles. The van der Waals surface area contributed by atoms with E-state index in [1.54, 1.807) is 11.3 Å². The number of hydrogen-bond donors (Lipinski definition) is 1. The fourth-order valence-corrected chi connectivity index (χ4v) is 3.94. The maximum Gasteiger partial charge on any atom is 0.0788 e. The molecule has 4 heteroatoms. The van der Waals surface area contributed by atoms with Crippen molar-refractivity contribution in [3.8, 4) is 10.6 Å². The Morgan fingerprint density at radius 3 is 2.75 bits per heavy atom. The van der Waals surface area contributed by atoms with Gasteiger partial charge in [0.15, 0.2) is 0 Å². The van der Waals surface area contributed by atoms with Gasteiger partial charge < -0.3 is 5.11 Å². The fraction of sp³-hybridized carbons (Fsp3) is 0.562. The van der Waals surface area contributed by atoms with Crippen LogP contribution < -0.4 is 0 Å². The molecule has 0 bridgehead atoms. The second-order valence-corrected chi connectivity index (χ2v) is 6.63.